The van der Waals surface area contributed by atoms with E-state index in [0.717, 1.165) is 9.13 Å². The normalized spacial score (nSPS) is 12.2. The Balaban J connectivity index is 2.58. The number of carbonyl (C=O) groups excluding carboxylic acids is 1. The molecule has 1 aromatic carbocycles. The Bertz CT molecular complexity index is 341. The second-order valence-corrected chi connectivity index (χ2v) is 4.54. The lowest BCUT2D eigenvalue weighted by Gasteiger charge is -2.11. The van der Waals surface area contributed by atoms with Crippen molar-refractivity contribution in [3.8, 4) is 0 Å². The number of rotatable bonds is 4. The van der Waals surface area contributed by atoms with Crippen LogP contribution in [0.2, 0.25) is 0 Å². The minimum Gasteiger partial charge on any atom is -0.350 e. The molecule has 2 N–H and O–H groups in total. The van der Waals surface area contributed by atoms with Crippen LogP contribution < -0.4 is 10.6 Å². The number of nitrogens with one attached hydrogen (secondary N) is 2. The van der Waals surface area contributed by atoms with Crippen LogP contribution in [0, 0.1) is 3.57 Å². The van der Waals surface area contributed by atoms with Gasteiger partial charge < -0.3 is 10.6 Å². The van der Waals surface area contributed by atoms with Crippen molar-refractivity contribution < 1.29 is 4.79 Å². The first kappa shape index (κ1) is 12.4. The maximum atomic E-state index is 11.7. The summed E-state index contributed by atoms with van der Waals surface area (Å²) in [4.78, 5) is 11.7. The van der Waals surface area contributed by atoms with Gasteiger partial charge in [0, 0.05) is 16.2 Å². The SMILES string of the molecule is CNC(C)CNC(=O)c1ccccc1I. The van der Waals surface area contributed by atoms with Crippen molar-refractivity contribution in [2.45, 2.75) is 13.0 Å². The molecule has 0 aliphatic heterocycles. The van der Waals surface area contributed by atoms with Crippen LogP contribution in [0.25, 0.3) is 0 Å². The fraction of sp³-hybridized carbons (Fsp3) is 0.364. The first-order valence-corrected chi connectivity index (χ1v) is 5.93. The average molecular weight is 318 g/mol. The van der Waals surface area contributed by atoms with E-state index in [1.165, 1.54) is 0 Å². The molecule has 4 heteroatoms. The molecular weight excluding hydrogens is 303 g/mol. The minimum atomic E-state index is -0.0119. The van der Waals surface area contributed by atoms with Crippen molar-refractivity contribution in [3.05, 3.63) is 33.4 Å². The van der Waals surface area contributed by atoms with Crippen molar-refractivity contribution in [3.63, 3.8) is 0 Å². The summed E-state index contributed by atoms with van der Waals surface area (Å²) in [6.07, 6.45) is 0. The van der Waals surface area contributed by atoms with E-state index in [4.69, 9.17) is 0 Å². The van der Waals surface area contributed by atoms with Gasteiger partial charge in [-0.15, -0.1) is 0 Å². The Morgan fingerprint density at radius 3 is 2.73 bits per heavy atom. The number of hydrogen-bond donors (Lipinski definition) is 2. The summed E-state index contributed by atoms with van der Waals surface area (Å²) in [5.41, 5.74) is 0.737. The highest BCUT2D eigenvalue weighted by Crippen LogP contribution is 2.10. The minimum absolute atomic E-state index is 0.0119. The van der Waals surface area contributed by atoms with Crippen LogP contribution in [0.1, 0.15) is 17.3 Å². The molecule has 0 aliphatic rings. The van der Waals surface area contributed by atoms with Crippen LogP contribution >= 0.6 is 22.6 Å². The molecule has 1 unspecified atom stereocenters. The lowest BCUT2D eigenvalue weighted by molar-refractivity contribution is 0.0949. The molecule has 15 heavy (non-hydrogen) atoms. The van der Waals surface area contributed by atoms with Crippen molar-refractivity contribution in [1.29, 1.82) is 0 Å². The Hall–Kier alpha value is -0.620. The van der Waals surface area contributed by atoms with Gasteiger partial charge in [-0.05, 0) is 48.7 Å². The van der Waals surface area contributed by atoms with Gasteiger partial charge in [0.2, 0.25) is 0 Å². The molecule has 0 saturated heterocycles. The zero-order chi connectivity index (χ0) is 11.3. The molecule has 1 amide bonds. The second-order valence-electron chi connectivity index (χ2n) is 3.38. The van der Waals surface area contributed by atoms with Crippen molar-refractivity contribution in [2.75, 3.05) is 13.6 Å². The van der Waals surface area contributed by atoms with Gasteiger partial charge in [-0.25, -0.2) is 0 Å². The summed E-state index contributed by atoms with van der Waals surface area (Å²) in [5, 5.41) is 5.95. The standard InChI is InChI=1S/C11H15IN2O/c1-8(13-2)7-14-11(15)9-5-3-4-6-10(9)12/h3-6,8,13H,7H2,1-2H3,(H,14,15). The predicted octanol–water partition coefficient (Wildman–Crippen LogP) is 1.63. The second kappa shape index (κ2) is 6.07. The summed E-state index contributed by atoms with van der Waals surface area (Å²) in [6, 6.07) is 7.85. The third-order valence-corrected chi connectivity index (χ3v) is 3.12. The maximum Gasteiger partial charge on any atom is 0.252 e. The molecule has 0 spiro atoms. The molecule has 1 rings (SSSR count). The molecule has 3 nitrogen and oxygen atoms in total. The summed E-state index contributed by atoms with van der Waals surface area (Å²) >= 11 is 2.17. The monoisotopic (exact) mass is 318 g/mol. The number of halogens is 1. The van der Waals surface area contributed by atoms with Gasteiger partial charge in [0.15, 0.2) is 0 Å². The van der Waals surface area contributed by atoms with Gasteiger partial charge in [0.05, 0.1) is 5.56 Å². The predicted molar refractivity (Wildman–Crippen MR) is 70.0 cm³/mol. The van der Waals surface area contributed by atoms with E-state index < -0.39 is 0 Å². The van der Waals surface area contributed by atoms with Gasteiger partial charge in [0.25, 0.3) is 5.91 Å². The van der Waals surface area contributed by atoms with E-state index in [1.807, 2.05) is 38.2 Å². The number of hydrogen-bond acceptors (Lipinski definition) is 2. The third kappa shape index (κ3) is 3.79. The van der Waals surface area contributed by atoms with Crippen LogP contribution in [0.5, 0.6) is 0 Å². The number of likely N-dealkylation sites (N-methyl/N-ethyl adjacent to an activating group) is 1. The fourth-order valence-corrected chi connectivity index (χ4v) is 1.72. The lowest BCUT2D eigenvalue weighted by atomic mass is 10.2. The molecular formula is C11H15IN2O. The highest BCUT2D eigenvalue weighted by molar-refractivity contribution is 14.1. The molecule has 0 radical (unpaired) electrons. The van der Waals surface area contributed by atoms with Crippen LogP contribution in [0.15, 0.2) is 24.3 Å². The largest absolute Gasteiger partial charge is 0.350 e. The first-order valence-electron chi connectivity index (χ1n) is 4.85. The smallest absolute Gasteiger partial charge is 0.252 e. The van der Waals surface area contributed by atoms with Crippen molar-refractivity contribution >= 4 is 28.5 Å². The van der Waals surface area contributed by atoms with E-state index in [9.17, 15) is 4.79 Å². The van der Waals surface area contributed by atoms with E-state index in [0.29, 0.717) is 6.54 Å². The number of benzene rings is 1. The maximum absolute atomic E-state index is 11.7. The van der Waals surface area contributed by atoms with E-state index in [-0.39, 0.29) is 11.9 Å². The van der Waals surface area contributed by atoms with Gasteiger partial charge in [-0.2, -0.15) is 0 Å². The average Bonchev–Trinajstić information content (AvgIpc) is 2.26. The van der Waals surface area contributed by atoms with Gasteiger partial charge in [-0.3, -0.25) is 4.79 Å². The topological polar surface area (TPSA) is 41.1 Å². The third-order valence-electron chi connectivity index (χ3n) is 2.18. The van der Waals surface area contributed by atoms with Gasteiger partial charge >= 0.3 is 0 Å². The molecule has 1 aromatic rings. The van der Waals surface area contributed by atoms with Crippen LogP contribution in [-0.2, 0) is 0 Å². The summed E-state index contributed by atoms with van der Waals surface area (Å²) in [6.45, 7) is 2.66. The molecule has 0 fully saturated rings. The van der Waals surface area contributed by atoms with E-state index >= 15 is 0 Å². The van der Waals surface area contributed by atoms with Crippen molar-refractivity contribution in [2.24, 2.45) is 0 Å². The molecule has 0 aromatic heterocycles. The molecule has 1 atom stereocenters. The summed E-state index contributed by atoms with van der Waals surface area (Å²) in [7, 11) is 1.88. The van der Waals surface area contributed by atoms with Crippen LogP contribution in [0.3, 0.4) is 0 Å². The Labute approximate surface area is 104 Å². The van der Waals surface area contributed by atoms with Crippen molar-refractivity contribution in [1.82, 2.24) is 10.6 Å². The number of amides is 1. The Kier molecular flexibility index (Phi) is 5.04. The zero-order valence-corrected chi connectivity index (χ0v) is 11.0. The van der Waals surface area contributed by atoms with Gasteiger partial charge in [-0.1, -0.05) is 12.1 Å². The summed E-state index contributed by atoms with van der Waals surface area (Å²) < 4.78 is 0.977. The Morgan fingerprint density at radius 1 is 1.47 bits per heavy atom. The molecule has 0 bridgehead atoms. The number of carbonyl (C=O) groups is 1. The fourth-order valence-electron chi connectivity index (χ4n) is 1.09. The molecule has 0 saturated carbocycles. The highest BCUT2D eigenvalue weighted by Gasteiger charge is 2.09. The zero-order valence-electron chi connectivity index (χ0n) is 8.88. The van der Waals surface area contributed by atoms with Crippen LogP contribution in [0.4, 0.5) is 0 Å². The highest BCUT2D eigenvalue weighted by atomic mass is 127. The molecule has 0 aliphatic carbocycles. The van der Waals surface area contributed by atoms with E-state index in [2.05, 4.69) is 33.2 Å². The quantitative estimate of drug-likeness (QED) is 0.829. The molecule has 82 valence electrons. The first-order chi connectivity index (χ1) is 7.15. The summed E-state index contributed by atoms with van der Waals surface area (Å²) in [5.74, 6) is -0.0119. The molecule has 0 heterocycles. The van der Waals surface area contributed by atoms with Gasteiger partial charge in [0.1, 0.15) is 0 Å². The lowest BCUT2D eigenvalue weighted by Crippen LogP contribution is -2.37. The Morgan fingerprint density at radius 2 is 2.13 bits per heavy atom. The van der Waals surface area contributed by atoms with Crippen LogP contribution in [-0.4, -0.2) is 25.5 Å². The van der Waals surface area contributed by atoms with E-state index in [1.54, 1.807) is 0 Å².